The van der Waals surface area contributed by atoms with E-state index in [1.54, 1.807) is 22.6 Å². The summed E-state index contributed by atoms with van der Waals surface area (Å²) in [6, 6.07) is 0.895. The molecule has 0 atom stereocenters. The average molecular weight is 331 g/mol. The van der Waals surface area contributed by atoms with Crippen molar-refractivity contribution in [1.82, 2.24) is 4.98 Å². The lowest BCUT2D eigenvalue weighted by Gasteiger charge is -2.06. The second kappa shape index (κ2) is 4.77. The molecule has 0 aliphatic heterocycles. The summed E-state index contributed by atoms with van der Waals surface area (Å²) < 4.78 is 38.0. The molecule has 0 unspecified atom stereocenters. The van der Waals surface area contributed by atoms with E-state index >= 15 is 0 Å². The van der Waals surface area contributed by atoms with E-state index in [1.165, 1.54) is 0 Å². The van der Waals surface area contributed by atoms with E-state index in [9.17, 15) is 18.0 Å². The molecule has 0 aliphatic carbocycles. The van der Waals surface area contributed by atoms with Crippen LogP contribution in [0, 0.1) is 9.52 Å². The van der Waals surface area contributed by atoms with Crippen molar-refractivity contribution in [3.8, 4) is 0 Å². The SMILES string of the molecule is O=C(O)Cc1nc(I)cc(C(F)F)c1F. The average Bonchev–Trinajstić information content (AvgIpc) is 2.09. The van der Waals surface area contributed by atoms with E-state index in [-0.39, 0.29) is 3.70 Å². The Balaban J connectivity index is 3.21. The highest BCUT2D eigenvalue weighted by molar-refractivity contribution is 14.1. The molecule has 15 heavy (non-hydrogen) atoms. The maximum absolute atomic E-state index is 13.3. The van der Waals surface area contributed by atoms with Gasteiger partial charge in [-0.15, -0.1) is 0 Å². The Morgan fingerprint density at radius 3 is 2.67 bits per heavy atom. The van der Waals surface area contributed by atoms with Crippen LogP contribution in [0.25, 0.3) is 0 Å². The molecule has 0 amide bonds. The van der Waals surface area contributed by atoms with Crippen molar-refractivity contribution in [1.29, 1.82) is 0 Å². The number of carboxylic acid groups (broad SMARTS) is 1. The fourth-order valence-electron chi connectivity index (χ4n) is 0.988. The molecule has 1 aromatic rings. The summed E-state index contributed by atoms with van der Waals surface area (Å²) in [5.41, 5.74) is -1.28. The Kier molecular flexibility index (Phi) is 3.89. The Bertz CT molecular complexity index is 398. The molecule has 0 radical (unpaired) electrons. The van der Waals surface area contributed by atoms with Crippen LogP contribution >= 0.6 is 22.6 Å². The van der Waals surface area contributed by atoms with Crippen LogP contribution < -0.4 is 0 Å². The number of carboxylic acids is 1. The summed E-state index contributed by atoms with van der Waals surface area (Å²) in [5, 5.41) is 8.42. The van der Waals surface area contributed by atoms with Gasteiger partial charge in [0.25, 0.3) is 6.43 Å². The minimum absolute atomic E-state index is 0.139. The molecule has 0 saturated heterocycles. The lowest BCUT2D eigenvalue weighted by Crippen LogP contribution is -2.08. The van der Waals surface area contributed by atoms with Crippen molar-refractivity contribution in [2.45, 2.75) is 12.8 Å². The van der Waals surface area contributed by atoms with Crippen molar-refractivity contribution >= 4 is 28.6 Å². The smallest absolute Gasteiger partial charge is 0.309 e. The van der Waals surface area contributed by atoms with Gasteiger partial charge in [0.2, 0.25) is 0 Å². The lowest BCUT2D eigenvalue weighted by molar-refractivity contribution is -0.136. The predicted molar refractivity (Wildman–Crippen MR) is 53.2 cm³/mol. The third kappa shape index (κ3) is 3.05. The largest absolute Gasteiger partial charge is 0.481 e. The van der Waals surface area contributed by atoms with Crippen LogP contribution in [0.3, 0.4) is 0 Å². The van der Waals surface area contributed by atoms with Crippen molar-refractivity contribution in [2.75, 3.05) is 0 Å². The second-order valence-corrected chi connectivity index (χ2v) is 3.77. The highest BCUT2D eigenvalue weighted by Gasteiger charge is 2.20. The van der Waals surface area contributed by atoms with E-state index in [0.717, 1.165) is 6.07 Å². The van der Waals surface area contributed by atoms with Crippen molar-refractivity contribution in [3.63, 3.8) is 0 Å². The predicted octanol–water partition coefficient (Wildman–Crippen LogP) is 2.39. The van der Waals surface area contributed by atoms with Gasteiger partial charge in [-0.05, 0) is 28.7 Å². The molecule has 7 heteroatoms. The number of halogens is 4. The number of aliphatic carboxylic acids is 1. The van der Waals surface area contributed by atoms with Crippen LogP contribution in [-0.2, 0) is 11.2 Å². The fourth-order valence-corrected chi connectivity index (χ4v) is 1.61. The van der Waals surface area contributed by atoms with Gasteiger partial charge in [0.05, 0.1) is 17.7 Å². The van der Waals surface area contributed by atoms with Gasteiger partial charge < -0.3 is 5.11 Å². The van der Waals surface area contributed by atoms with Gasteiger partial charge >= 0.3 is 5.97 Å². The number of hydrogen-bond acceptors (Lipinski definition) is 2. The Morgan fingerprint density at radius 1 is 1.60 bits per heavy atom. The molecule has 3 nitrogen and oxygen atoms in total. The van der Waals surface area contributed by atoms with Crippen LogP contribution in [0.4, 0.5) is 13.2 Å². The van der Waals surface area contributed by atoms with Gasteiger partial charge in [0.15, 0.2) is 5.82 Å². The van der Waals surface area contributed by atoms with Crippen LogP contribution in [-0.4, -0.2) is 16.1 Å². The highest BCUT2D eigenvalue weighted by Crippen LogP contribution is 2.25. The number of pyridine rings is 1. The fraction of sp³-hybridized carbons (Fsp3) is 0.250. The van der Waals surface area contributed by atoms with Gasteiger partial charge in [-0.2, -0.15) is 0 Å². The summed E-state index contributed by atoms with van der Waals surface area (Å²) in [4.78, 5) is 13.9. The van der Waals surface area contributed by atoms with Gasteiger partial charge in [0, 0.05) is 0 Å². The maximum atomic E-state index is 13.3. The van der Waals surface area contributed by atoms with Crippen molar-refractivity contribution < 1.29 is 23.1 Å². The van der Waals surface area contributed by atoms with E-state index in [4.69, 9.17) is 5.11 Å². The summed E-state index contributed by atoms with van der Waals surface area (Å²) in [5.74, 6) is -2.56. The molecule has 1 N–H and O–H groups in total. The molecule has 1 aromatic heterocycles. The highest BCUT2D eigenvalue weighted by atomic mass is 127. The van der Waals surface area contributed by atoms with Gasteiger partial charge in [-0.3, -0.25) is 4.79 Å². The molecule has 0 bridgehead atoms. The molecule has 1 rings (SSSR count). The Morgan fingerprint density at radius 2 is 2.20 bits per heavy atom. The van der Waals surface area contributed by atoms with Crippen LogP contribution in [0.2, 0.25) is 0 Å². The molecule has 0 fully saturated rings. The third-order valence-corrected chi connectivity index (χ3v) is 2.13. The van der Waals surface area contributed by atoms with Crippen LogP contribution in [0.5, 0.6) is 0 Å². The van der Waals surface area contributed by atoms with Crippen LogP contribution in [0.1, 0.15) is 17.7 Å². The molecular weight excluding hydrogens is 326 g/mol. The second-order valence-electron chi connectivity index (χ2n) is 2.67. The van der Waals surface area contributed by atoms with Crippen LogP contribution in [0.15, 0.2) is 6.07 Å². The third-order valence-electron chi connectivity index (χ3n) is 1.58. The summed E-state index contributed by atoms with van der Waals surface area (Å²) in [6.45, 7) is 0. The zero-order valence-electron chi connectivity index (χ0n) is 7.18. The topological polar surface area (TPSA) is 50.2 Å². The van der Waals surface area contributed by atoms with E-state index in [2.05, 4.69) is 4.98 Å². The Labute approximate surface area is 96.5 Å². The number of alkyl halides is 2. The first-order valence-electron chi connectivity index (χ1n) is 3.76. The van der Waals surface area contributed by atoms with Crippen molar-refractivity contribution in [2.24, 2.45) is 0 Å². The zero-order chi connectivity index (χ0) is 11.6. The number of carbonyl (C=O) groups is 1. The summed E-state index contributed by atoms with van der Waals surface area (Å²) in [6.07, 6.45) is -3.68. The van der Waals surface area contributed by atoms with Gasteiger partial charge in [-0.1, -0.05) is 0 Å². The first-order valence-corrected chi connectivity index (χ1v) is 4.84. The summed E-state index contributed by atoms with van der Waals surface area (Å²) >= 11 is 1.62. The maximum Gasteiger partial charge on any atom is 0.309 e. The quantitative estimate of drug-likeness (QED) is 0.684. The molecule has 0 saturated carbocycles. The number of hydrogen-bond donors (Lipinski definition) is 1. The van der Waals surface area contributed by atoms with Crippen molar-refractivity contribution in [3.05, 3.63) is 26.8 Å². The molecule has 82 valence electrons. The van der Waals surface area contributed by atoms with E-state index in [1.807, 2.05) is 0 Å². The summed E-state index contributed by atoms with van der Waals surface area (Å²) in [7, 11) is 0. The first kappa shape index (κ1) is 12.2. The van der Waals surface area contributed by atoms with E-state index < -0.39 is 35.9 Å². The minimum Gasteiger partial charge on any atom is -0.481 e. The molecular formula is C8H5F3INO2. The standard InChI is InChI=1S/C8H5F3INO2/c9-7-3(8(10)11)1-5(12)13-4(7)2-6(14)15/h1,8H,2H2,(H,14,15). The zero-order valence-corrected chi connectivity index (χ0v) is 9.33. The van der Waals surface area contributed by atoms with E-state index in [0.29, 0.717) is 0 Å². The minimum atomic E-state index is -2.98. The molecule has 1 heterocycles. The number of rotatable bonds is 3. The lowest BCUT2D eigenvalue weighted by atomic mass is 10.2. The molecule has 0 aromatic carbocycles. The first-order chi connectivity index (χ1) is 6.91. The van der Waals surface area contributed by atoms with Gasteiger partial charge in [0.1, 0.15) is 3.70 Å². The Hall–Kier alpha value is -0.860. The molecule has 0 spiro atoms. The van der Waals surface area contributed by atoms with Gasteiger partial charge in [-0.25, -0.2) is 18.2 Å². The normalized spacial score (nSPS) is 10.7. The molecule has 0 aliphatic rings. The monoisotopic (exact) mass is 331 g/mol. The number of aromatic nitrogens is 1. The number of nitrogens with zero attached hydrogens (tertiary/aromatic N) is 1.